The number of nitriles is 1. The van der Waals surface area contributed by atoms with Crippen molar-refractivity contribution in [2.24, 2.45) is 0 Å². The van der Waals surface area contributed by atoms with E-state index in [1.54, 1.807) is 54.6 Å². The van der Waals surface area contributed by atoms with E-state index in [0.717, 1.165) is 42.9 Å². The Kier molecular flexibility index (Phi) is 7.07. The van der Waals surface area contributed by atoms with Crippen molar-refractivity contribution in [3.8, 4) is 39.8 Å². The molecule has 5 nitrogen and oxygen atoms in total. The predicted octanol–water partition coefficient (Wildman–Crippen LogP) is 12.0. The molecule has 6 heteroatoms. The van der Waals surface area contributed by atoms with Gasteiger partial charge in [0.15, 0.2) is 0 Å². The van der Waals surface area contributed by atoms with Crippen LogP contribution in [0.1, 0.15) is 76.1 Å². The van der Waals surface area contributed by atoms with E-state index in [0.29, 0.717) is 22.5 Å². The minimum atomic E-state index is -3.50. The number of aryl methyl sites for hydroxylation is 8. The van der Waals surface area contributed by atoms with Crippen LogP contribution in [0.3, 0.4) is 0 Å². The molecule has 0 aliphatic rings. The smallest absolute Gasteiger partial charge is 0.500 e. The summed E-state index contributed by atoms with van der Waals surface area (Å²) in [4.78, 5) is 13.0. The summed E-state index contributed by atoms with van der Waals surface area (Å²) in [6, 6.07) is 36.9. The molecule has 4 aromatic heterocycles. The first-order chi connectivity index (χ1) is 36.3. The Morgan fingerprint density at radius 2 is 1.22 bits per heavy atom. The van der Waals surface area contributed by atoms with Crippen LogP contribution >= 0.6 is 0 Å². The zero-order chi connectivity index (χ0) is 56.8. The first-order valence-corrected chi connectivity index (χ1v) is 18.2. The van der Waals surface area contributed by atoms with Gasteiger partial charge in [-0.3, -0.25) is 0 Å². The number of aromatic nitrogens is 3. The maximum Gasteiger partial charge on any atom is 3.00 e. The van der Waals surface area contributed by atoms with Gasteiger partial charge in [0.1, 0.15) is 5.58 Å². The molecular weight excluding hydrogens is 913 g/mol. The average molecular weight is 973 g/mol. The van der Waals surface area contributed by atoms with Gasteiger partial charge in [0.25, 0.3) is 0 Å². The fourth-order valence-electron chi connectivity index (χ4n) is 6.34. The van der Waals surface area contributed by atoms with Crippen molar-refractivity contribution in [3.05, 3.63) is 208 Å². The molecule has 0 amide bonds. The van der Waals surface area contributed by atoms with E-state index in [1.165, 1.54) is 42.5 Å². The Hall–Kier alpha value is -6.51. The van der Waals surface area contributed by atoms with Crippen molar-refractivity contribution in [3.63, 3.8) is 0 Å². The van der Waals surface area contributed by atoms with E-state index in [9.17, 15) is 21.7 Å². The number of rotatable bonds is 12. The van der Waals surface area contributed by atoms with Crippen LogP contribution in [0.25, 0.3) is 55.7 Å². The first kappa shape index (κ1) is 23.3. The van der Waals surface area contributed by atoms with Crippen LogP contribution in [-0.4, -0.2) is 15.0 Å². The topological polar surface area (TPSA) is 75.6 Å². The maximum absolute atomic E-state index is 9.83. The zero-order valence-electron chi connectivity index (χ0n) is 50.2. The Balaban J connectivity index is 0.00000822. The van der Waals surface area contributed by atoms with Crippen LogP contribution in [0.15, 0.2) is 144 Å². The molecule has 0 N–H and O–H groups in total. The maximum atomic E-state index is 9.83. The van der Waals surface area contributed by atoms with E-state index < -0.39 is 96.9 Å². The summed E-state index contributed by atoms with van der Waals surface area (Å²) in [6.07, 6.45) is -16.6. The van der Waals surface area contributed by atoms with Crippen molar-refractivity contribution in [2.75, 3.05) is 0 Å². The first-order valence-electron chi connectivity index (χ1n) is 27.7. The van der Waals surface area contributed by atoms with E-state index >= 15 is 0 Å². The Morgan fingerprint density at radius 3 is 1.77 bits per heavy atom. The van der Waals surface area contributed by atoms with Gasteiger partial charge in [0.05, 0.1) is 18.6 Å². The Labute approximate surface area is 391 Å². The van der Waals surface area contributed by atoms with Crippen LogP contribution in [0, 0.1) is 43.2 Å². The molecule has 0 saturated carbocycles. The number of benzene rings is 5. The minimum absolute atomic E-state index is 0. The largest absolute Gasteiger partial charge is 3.00 e. The Bertz CT molecular complexity index is 3680. The van der Waals surface area contributed by atoms with Crippen molar-refractivity contribution < 1.29 is 50.6 Å². The molecule has 0 radical (unpaired) electrons. The van der Waals surface area contributed by atoms with Gasteiger partial charge in [0.2, 0.25) is 0 Å². The number of pyridine rings is 3. The third-order valence-electron chi connectivity index (χ3n) is 9.27. The summed E-state index contributed by atoms with van der Waals surface area (Å²) >= 11 is 0. The summed E-state index contributed by atoms with van der Waals surface area (Å²) in [7, 11) is 0. The van der Waals surface area contributed by atoms with Gasteiger partial charge >= 0.3 is 20.1 Å². The van der Waals surface area contributed by atoms with E-state index in [-0.39, 0.29) is 64.4 Å². The second kappa shape index (κ2) is 18.2. The van der Waals surface area contributed by atoms with Crippen molar-refractivity contribution in [1.82, 2.24) is 15.0 Å². The second-order valence-corrected chi connectivity index (χ2v) is 13.2. The molecule has 0 aliphatic heterocycles. The van der Waals surface area contributed by atoms with Gasteiger partial charge in [-0.25, -0.2) is 0 Å². The number of hydrogen-bond donors (Lipinski definition) is 0. The molecule has 292 valence electrons. The second-order valence-electron chi connectivity index (χ2n) is 13.2. The van der Waals surface area contributed by atoms with Gasteiger partial charge in [-0.05, 0) is 108 Å². The van der Waals surface area contributed by atoms with Crippen LogP contribution in [0.5, 0.6) is 0 Å². The van der Waals surface area contributed by atoms with Gasteiger partial charge in [-0.1, -0.05) is 71.1 Å². The standard InChI is InChI=1S/C54H41N4O.Ir/c1-36-28-52(49-15-9-14-47-48-25-24-45(32-55)37(2)53(48)59-54(47)49)58-35-46(36)23-20-42-30-40(18-16-38-21-26-50(56-33-38)43-10-5-3-6-11-43)29-41(31-42)19-17-39-22-27-51(57-34-39)44-12-7-4-8-13-44;/h3-10,12,14,21-22,24-31,33-35H,16-20,23H2,1-2H3;/q-3;+3/i1D3,2D3,16D2,17D2,18D2,19D2,20D2,23D2,24D;. The van der Waals surface area contributed by atoms with Crippen LogP contribution in [-0.2, 0) is 58.3 Å². The normalized spacial score (nSPS) is 17.6. The third kappa shape index (κ3) is 8.75. The van der Waals surface area contributed by atoms with Crippen molar-refractivity contribution >= 4 is 21.9 Å². The summed E-state index contributed by atoms with van der Waals surface area (Å²) in [5, 5.41) is 10.2. The molecule has 0 unspecified atom stereocenters. The van der Waals surface area contributed by atoms with Gasteiger partial charge in [-0.2, -0.15) is 5.26 Å². The minimum Gasteiger partial charge on any atom is -0.500 e. The number of fused-ring (bicyclic) bond motifs is 3. The molecule has 5 aromatic carbocycles. The summed E-state index contributed by atoms with van der Waals surface area (Å²) in [6.45, 7) is -6.15. The quantitative estimate of drug-likeness (QED) is 0.114. The van der Waals surface area contributed by atoms with Gasteiger partial charge < -0.3 is 19.4 Å². The van der Waals surface area contributed by atoms with Gasteiger partial charge in [-0.15, -0.1) is 90.0 Å². The van der Waals surface area contributed by atoms with Crippen molar-refractivity contribution in [1.29, 1.82) is 5.26 Å². The summed E-state index contributed by atoms with van der Waals surface area (Å²) in [5.41, 5.74) is -4.26. The number of nitrogens with zero attached hydrogens (tertiary/aromatic N) is 4. The fourth-order valence-corrected chi connectivity index (χ4v) is 6.34. The molecule has 9 rings (SSSR count). The molecule has 60 heavy (non-hydrogen) atoms. The molecule has 0 fully saturated rings. The molecular formula is C54H41IrN4O. The van der Waals surface area contributed by atoms with E-state index in [1.807, 2.05) is 0 Å². The van der Waals surface area contributed by atoms with Crippen LogP contribution in [0.2, 0.25) is 0 Å². The molecule has 4 heterocycles. The van der Waals surface area contributed by atoms with E-state index in [2.05, 4.69) is 33.2 Å². The number of furan rings is 1. The van der Waals surface area contributed by atoms with E-state index in [4.69, 9.17) is 14.0 Å². The number of hydrogen-bond acceptors (Lipinski definition) is 5. The third-order valence-corrected chi connectivity index (χ3v) is 9.27. The van der Waals surface area contributed by atoms with Crippen molar-refractivity contribution in [2.45, 2.75) is 51.9 Å². The molecule has 0 saturated heterocycles. The molecule has 0 atom stereocenters. The Morgan fingerprint density at radius 1 is 0.617 bits per heavy atom. The molecule has 9 aromatic rings. The fraction of sp³-hybridized carbons (Fsp3) is 0.148. The zero-order valence-corrected chi connectivity index (χ0v) is 33.6. The average Bonchev–Trinajstić information content (AvgIpc) is 3.99. The monoisotopic (exact) mass is 973 g/mol. The molecule has 0 bridgehead atoms. The molecule has 0 spiro atoms. The molecule has 0 aliphatic carbocycles. The predicted molar refractivity (Wildman–Crippen MR) is 236 cm³/mol. The SMILES string of the molecule is [2H]c1cc2c(oc3c(-c4cc(C([2H])([2H])[2H])c(C([2H])([2H])C([2H])([2H])c5cc(C([2H])([2H])C([2H])([2H])c6ccc(-c7[c-]cccc7)nc6)cc(C([2H])([2H])C([2H])([2H])c6ccc(-c7[c-]cccc7)nc6)c5)cn4)[c-]ccc32)c(C([2H])([2H])[2H])c1C#N.[Ir+3]. The van der Waals surface area contributed by atoms with Crippen LogP contribution < -0.4 is 0 Å². The summed E-state index contributed by atoms with van der Waals surface area (Å²) in [5.74, 6) is 0. The van der Waals surface area contributed by atoms with Crippen LogP contribution in [0.4, 0.5) is 0 Å². The van der Waals surface area contributed by atoms with Gasteiger partial charge in [0, 0.05) is 54.2 Å². The summed E-state index contributed by atoms with van der Waals surface area (Å²) < 4.78 is 178.